The first-order chi connectivity index (χ1) is 69.4. The van der Waals surface area contributed by atoms with Gasteiger partial charge in [0.05, 0.1) is 73.1 Å². The molecule has 4 aliphatic rings. The fraction of sp³-hybridized carbons (Fsp3) is 0.270. The molecule has 143 heavy (non-hydrogen) atoms. The molecule has 25 nitrogen and oxygen atoms in total. The number of thiazole rings is 1. The maximum atomic E-state index is 13.1. The molecule has 0 radical (unpaired) electrons. The lowest BCUT2D eigenvalue weighted by atomic mass is 9.71. The summed E-state index contributed by atoms with van der Waals surface area (Å²) in [6, 6.07) is 75.4. The van der Waals surface area contributed by atoms with Gasteiger partial charge < -0.3 is 55.0 Å². The molecular formula is C111H111F6N13O12S. The van der Waals surface area contributed by atoms with Crippen molar-refractivity contribution < 1.29 is 83.5 Å². The number of halogens is 6. The Morgan fingerprint density at radius 1 is 0.364 bits per heavy atom. The van der Waals surface area contributed by atoms with Gasteiger partial charge in [-0.3, -0.25) is 64.0 Å². The number of hydrogen-bond acceptors (Lipinski definition) is 20. The summed E-state index contributed by atoms with van der Waals surface area (Å²) in [5.74, 6) is 1.78. The second-order valence-electron chi connectivity index (χ2n) is 34.6. The minimum atomic E-state index is -4.47. The molecule has 7 aromatic heterocycles. The van der Waals surface area contributed by atoms with Crippen LogP contribution in [0.2, 0.25) is 0 Å². The molecule has 0 aliphatic heterocycles. The van der Waals surface area contributed by atoms with E-state index in [1.165, 1.54) is 135 Å². The van der Waals surface area contributed by atoms with Crippen LogP contribution in [0.5, 0.6) is 34.5 Å². The summed E-state index contributed by atoms with van der Waals surface area (Å²) in [4.78, 5) is 102. The Morgan fingerprint density at radius 3 is 1.04 bits per heavy atom. The van der Waals surface area contributed by atoms with Crippen LogP contribution in [-0.4, -0.2) is 101 Å². The Kier molecular flexibility index (Phi) is 39.2. The Morgan fingerprint density at radius 2 is 0.713 bits per heavy atom. The van der Waals surface area contributed by atoms with E-state index in [-0.39, 0.29) is 84.2 Å². The second-order valence-corrected chi connectivity index (χ2v) is 35.5. The molecule has 0 saturated heterocycles. The molecule has 7 aromatic carbocycles. The summed E-state index contributed by atoms with van der Waals surface area (Å²) in [6.45, 7) is 8.27. The van der Waals surface area contributed by atoms with Crippen LogP contribution < -0.4 is 60.3 Å². The molecule has 6 N–H and O–H groups in total. The molecule has 18 rings (SSSR count). The van der Waals surface area contributed by atoms with E-state index in [2.05, 4.69) is 80.5 Å². The van der Waals surface area contributed by atoms with Gasteiger partial charge in [-0.15, -0.1) is 11.3 Å². The van der Waals surface area contributed by atoms with Crippen LogP contribution in [0.1, 0.15) is 200 Å². The van der Waals surface area contributed by atoms with Gasteiger partial charge in [0.2, 0.25) is 0 Å². The summed E-state index contributed by atoms with van der Waals surface area (Å²) in [6.07, 6.45) is 18.8. The van der Waals surface area contributed by atoms with Gasteiger partial charge in [0.1, 0.15) is 97.6 Å². The van der Waals surface area contributed by atoms with Gasteiger partial charge in [-0.2, -0.15) is 13.2 Å². The number of para-hydroxylation sites is 3. The number of nitrogens with zero attached hydrogens (tertiary/aromatic N) is 7. The van der Waals surface area contributed by atoms with Crippen molar-refractivity contribution in [2.24, 2.45) is 17.8 Å². The molecule has 2 atom stereocenters. The molecule has 7 heterocycles. The maximum Gasteiger partial charge on any atom is 0.408 e. The summed E-state index contributed by atoms with van der Waals surface area (Å²) < 4.78 is 111. The molecule has 6 amide bonds. The van der Waals surface area contributed by atoms with Gasteiger partial charge >= 0.3 is 6.18 Å². The van der Waals surface area contributed by atoms with E-state index in [4.69, 9.17) is 28.4 Å². The molecular weight excluding hydrogens is 1850 g/mol. The Balaban J connectivity index is 0.000000144. The first-order valence-electron chi connectivity index (χ1n) is 47.1. The number of amides is 6. The fourth-order valence-electron chi connectivity index (χ4n) is 14.7. The van der Waals surface area contributed by atoms with E-state index in [1.807, 2.05) is 147 Å². The van der Waals surface area contributed by atoms with Crippen LogP contribution in [0, 0.1) is 35.2 Å². The highest BCUT2D eigenvalue weighted by Crippen LogP contribution is 2.42. The molecule has 0 bridgehead atoms. The number of hydrogen-bond donors (Lipinski definition) is 6. The SMILES string of the molecule is CC(C)NC(=O)c1ccc(COc2cccc(F)c2)nc1.C[C@H](NC(=O)c1ccc(COc2cccc(F)c2)nc1)C1CCCCC1.O=C(NC1(c2ccccc2)CCC1)c1ccc(COc2ccccc2)nc1.O=C(NCC1CC1)c1ccc(COc2ccccc2)nc1.O=C(N[C@H](C1CC1)C(F)(F)F)c1ccc(COc2cccc(F)c2)nc1.O=C(Nc1nccs1)c1ccc(COc2ccccc2)nc1. The maximum absolute atomic E-state index is 13.1. The van der Waals surface area contributed by atoms with Gasteiger partial charge in [0.15, 0.2) is 5.13 Å². The quantitative estimate of drug-likeness (QED) is 0.0204. The van der Waals surface area contributed by atoms with Crippen molar-refractivity contribution in [2.45, 2.75) is 167 Å². The zero-order valence-electron chi connectivity index (χ0n) is 79.1. The Hall–Kier alpha value is -15.7. The van der Waals surface area contributed by atoms with Gasteiger partial charge in [-0.1, -0.05) is 122 Å². The van der Waals surface area contributed by atoms with E-state index < -0.39 is 29.9 Å². The third-order valence-corrected chi connectivity index (χ3v) is 23.8. The van der Waals surface area contributed by atoms with Crippen molar-refractivity contribution in [3.63, 3.8) is 0 Å². The number of rotatable bonds is 34. The molecule has 740 valence electrons. The van der Waals surface area contributed by atoms with E-state index >= 15 is 0 Å². The predicted molar refractivity (Wildman–Crippen MR) is 531 cm³/mol. The fourth-order valence-corrected chi connectivity index (χ4v) is 15.2. The highest BCUT2D eigenvalue weighted by Gasteiger charge is 2.50. The van der Waals surface area contributed by atoms with Crippen molar-refractivity contribution in [3.8, 4) is 34.5 Å². The number of nitrogens with one attached hydrogen (secondary N) is 6. The number of pyridine rings is 6. The van der Waals surface area contributed by atoms with Crippen LogP contribution in [0.3, 0.4) is 0 Å². The number of aromatic nitrogens is 7. The van der Waals surface area contributed by atoms with E-state index in [0.717, 1.165) is 60.1 Å². The van der Waals surface area contributed by atoms with Gasteiger partial charge in [-0.05, 0) is 247 Å². The second kappa shape index (κ2) is 53.6. The highest BCUT2D eigenvalue weighted by atomic mass is 32.1. The number of ether oxygens (including phenoxy) is 6. The van der Waals surface area contributed by atoms with Gasteiger partial charge in [0, 0.05) is 85.6 Å². The lowest BCUT2D eigenvalue weighted by Gasteiger charge is -2.43. The monoisotopic (exact) mass is 1960 g/mol. The largest absolute Gasteiger partial charge is 0.487 e. The zero-order valence-corrected chi connectivity index (χ0v) is 79.9. The summed E-state index contributed by atoms with van der Waals surface area (Å²) in [5.41, 5.74) is 7.82. The molecule has 32 heteroatoms. The van der Waals surface area contributed by atoms with Crippen LogP contribution in [0.25, 0.3) is 0 Å². The van der Waals surface area contributed by atoms with E-state index in [0.29, 0.717) is 112 Å². The molecule has 4 saturated carbocycles. The summed E-state index contributed by atoms with van der Waals surface area (Å²) in [7, 11) is 0. The summed E-state index contributed by atoms with van der Waals surface area (Å²) >= 11 is 1.37. The van der Waals surface area contributed by atoms with Crippen molar-refractivity contribution in [3.05, 3.63) is 406 Å². The number of carbonyl (C=O) groups is 6. The first kappa shape index (κ1) is 105. The Labute approximate surface area is 829 Å². The standard InChI is InChI=1S/C23H22N2O2.C21H25FN2O2.C18H16F4N2O2.C17H18N2O2.C16H17FN2O2.C16H13N3O2S/c26-22(25-23(14-7-15-23)19-8-3-1-4-9-19)18-12-13-20(24-16-18)17-27-21-10-5-2-6-11-21;1-15(16-6-3-2-4-7-16)24-21(25)17-10-11-19(23-13-17)14-26-20-9-5-8-18(22)12-20;19-13-2-1-3-15(8-13)26-10-14-7-6-12(9-23-14)17(25)24-16(11-4-5-11)18(20,21)22;20-17(19-10-13-6-7-13)14-8-9-15(18-11-14)12-21-16-4-2-1-3-5-16;1-11(2)19-16(20)12-6-7-14(18-9-12)10-21-15-5-3-4-13(17)8-15;20-15(19-16-17-8-9-22-16)12-6-7-13(18-10-12)11-21-14-4-2-1-3-5-14/h1-6,8-13,16H,7,14-15,17H2,(H,25,26);5,8-13,15-16H,2-4,6-7,14H2,1H3,(H,24,25);1-3,6-9,11,16H,4-5,10H2,(H,24,25);1-5,8-9,11,13H,6-7,10,12H2,(H,19,20);3-9,11H,10H2,1-2H3,(H,19,20);1-10H,11H2,(H,17,19,20)/t;15-;16-;;;/m.01.../s1. The normalized spacial score (nSPS) is 13.6. The predicted octanol–water partition coefficient (Wildman–Crippen LogP) is 21.9. The van der Waals surface area contributed by atoms with Gasteiger partial charge in [-0.25, -0.2) is 18.2 Å². The van der Waals surface area contributed by atoms with E-state index in [1.54, 1.807) is 103 Å². The van der Waals surface area contributed by atoms with Crippen molar-refractivity contribution in [1.29, 1.82) is 0 Å². The van der Waals surface area contributed by atoms with Crippen molar-refractivity contribution >= 4 is 51.9 Å². The smallest absolute Gasteiger partial charge is 0.408 e. The van der Waals surface area contributed by atoms with Crippen LogP contribution in [0.15, 0.2) is 316 Å². The van der Waals surface area contributed by atoms with Crippen molar-refractivity contribution in [2.75, 3.05) is 11.9 Å². The third kappa shape index (κ3) is 35.2. The van der Waals surface area contributed by atoms with Crippen LogP contribution >= 0.6 is 11.3 Å². The number of carbonyl (C=O) groups excluding carboxylic acids is 6. The number of anilines is 1. The van der Waals surface area contributed by atoms with Crippen LogP contribution in [0.4, 0.5) is 31.5 Å². The minimum Gasteiger partial charge on any atom is -0.487 e. The number of benzene rings is 7. The van der Waals surface area contributed by atoms with E-state index in [9.17, 15) is 55.1 Å². The molecule has 4 fully saturated rings. The average Bonchev–Trinajstić information content (AvgIpc) is 1.61. The molecule has 4 aliphatic carbocycles. The van der Waals surface area contributed by atoms with Crippen molar-refractivity contribution in [1.82, 2.24) is 61.5 Å². The lowest BCUT2D eigenvalue weighted by molar-refractivity contribution is -0.158. The van der Waals surface area contributed by atoms with Crippen LogP contribution in [-0.2, 0) is 45.2 Å². The topological polar surface area (TPSA) is 320 Å². The third-order valence-electron chi connectivity index (χ3n) is 23.1. The minimum absolute atomic E-state index is 0.0365. The molecule has 14 aromatic rings. The summed E-state index contributed by atoms with van der Waals surface area (Å²) in [5, 5.41) is 19.2. The Bertz CT molecular complexity index is 6310. The first-order valence-corrected chi connectivity index (χ1v) is 48.0. The molecule has 0 unspecified atom stereocenters. The number of alkyl halides is 3. The molecule has 0 spiro atoms. The average molecular weight is 1970 g/mol. The lowest BCUT2D eigenvalue weighted by Crippen LogP contribution is -2.50. The zero-order chi connectivity index (χ0) is 101. The highest BCUT2D eigenvalue weighted by molar-refractivity contribution is 7.13. The van der Waals surface area contributed by atoms with Gasteiger partial charge in [0.25, 0.3) is 35.4 Å².